The molecular weight excluding hydrogens is 442 g/mol. The van der Waals surface area contributed by atoms with Crippen molar-refractivity contribution in [3.05, 3.63) is 58.1 Å². The Kier molecular flexibility index (Phi) is 6.36. The first-order chi connectivity index (χ1) is 15.7. The predicted octanol–water partition coefficient (Wildman–Crippen LogP) is 5.11. The first-order valence-corrected chi connectivity index (χ1v) is 12.6. The molecule has 1 atom stereocenters. The average molecular weight is 468 g/mol. The molecule has 0 aliphatic carbocycles. The van der Waals surface area contributed by atoms with Crippen LogP contribution in [0.5, 0.6) is 0 Å². The average Bonchev–Trinajstić information content (AvgIpc) is 3.62. The molecule has 5 rings (SSSR count). The minimum absolute atomic E-state index is 0.0226. The van der Waals surface area contributed by atoms with Crippen LogP contribution in [0.2, 0.25) is 0 Å². The van der Waals surface area contributed by atoms with Crippen LogP contribution < -0.4 is 4.90 Å². The molecule has 1 amide bonds. The number of aromatic nitrogens is 1. The number of thiazole rings is 1. The van der Waals surface area contributed by atoms with Gasteiger partial charge in [-0.05, 0) is 49.4 Å². The molecule has 0 radical (unpaired) electrons. The van der Waals surface area contributed by atoms with Crippen LogP contribution in [0.1, 0.15) is 28.9 Å². The van der Waals surface area contributed by atoms with Gasteiger partial charge in [0.1, 0.15) is 11.3 Å². The van der Waals surface area contributed by atoms with E-state index < -0.39 is 0 Å². The highest BCUT2D eigenvalue weighted by Crippen LogP contribution is 2.32. The second-order valence-corrected chi connectivity index (χ2v) is 9.75. The van der Waals surface area contributed by atoms with Crippen molar-refractivity contribution in [2.75, 3.05) is 31.1 Å². The van der Waals surface area contributed by atoms with E-state index in [1.165, 1.54) is 22.7 Å². The third kappa shape index (κ3) is 4.36. The molecule has 4 heterocycles. The van der Waals surface area contributed by atoms with Gasteiger partial charge in [0.15, 0.2) is 10.9 Å². The van der Waals surface area contributed by atoms with Crippen LogP contribution in [0.25, 0.3) is 22.4 Å². The van der Waals surface area contributed by atoms with E-state index in [1.807, 2.05) is 53.2 Å². The zero-order valence-electron chi connectivity index (χ0n) is 17.6. The summed E-state index contributed by atoms with van der Waals surface area (Å²) in [5.74, 6) is 0.686. The first kappa shape index (κ1) is 21.3. The summed E-state index contributed by atoms with van der Waals surface area (Å²) in [6, 6.07) is 13.9. The number of para-hydroxylation sites is 1. The third-order valence-electron chi connectivity index (χ3n) is 5.91. The van der Waals surface area contributed by atoms with E-state index in [9.17, 15) is 9.90 Å². The Morgan fingerprint density at radius 3 is 2.97 bits per heavy atom. The number of nitrogens with zero attached hydrogens (tertiary/aromatic N) is 3. The van der Waals surface area contributed by atoms with Gasteiger partial charge in [-0.3, -0.25) is 14.6 Å². The molecule has 1 fully saturated rings. The number of hydrogen-bond donors (Lipinski definition) is 1. The van der Waals surface area contributed by atoms with Crippen molar-refractivity contribution in [2.24, 2.45) is 0 Å². The molecule has 4 aromatic rings. The fourth-order valence-corrected chi connectivity index (χ4v) is 5.77. The van der Waals surface area contributed by atoms with Crippen molar-refractivity contribution >= 4 is 44.7 Å². The van der Waals surface area contributed by atoms with E-state index in [1.54, 1.807) is 4.90 Å². The summed E-state index contributed by atoms with van der Waals surface area (Å²) < 4.78 is 5.97. The molecule has 0 saturated carbocycles. The summed E-state index contributed by atoms with van der Waals surface area (Å²) in [4.78, 5) is 22.9. The number of furan rings is 1. The van der Waals surface area contributed by atoms with Gasteiger partial charge in [0.05, 0.1) is 11.5 Å². The van der Waals surface area contributed by atoms with Gasteiger partial charge in [-0.2, -0.15) is 0 Å². The Bertz CT molecular complexity index is 1150. The number of anilines is 1. The highest BCUT2D eigenvalue weighted by atomic mass is 32.1. The summed E-state index contributed by atoms with van der Waals surface area (Å²) in [5.41, 5.74) is 1.57. The van der Waals surface area contributed by atoms with Gasteiger partial charge < -0.3 is 9.52 Å². The minimum Gasteiger partial charge on any atom is -0.454 e. The van der Waals surface area contributed by atoms with E-state index in [4.69, 9.17) is 9.40 Å². The molecule has 0 unspecified atom stereocenters. The van der Waals surface area contributed by atoms with Gasteiger partial charge in [-0.25, -0.2) is 4.98 Å². The maximum Gasteiger partial charge on any atom is 0.270 e. The largest absolute Gasteiger partial charge is 0.454 e. The fourth-order valence-electron chi connectivity index (χ4n) is 4.26. The highest BCUT2D eigenvalue weighted by Gasteiger charge is 2.25. The highest BCUT2D eigenvalue weighted by molar-refractivity contribution is 7.14. The molecule has 166 valence electrons. The Labute approximate surface area is 194 Å². The van der Waals surface area contributed by atoms with Crippen LogP contribution in [0.3, 0.4) is 0 Å². The Morgan fingerprint density at radius 2 is 2.16 bits per heavy atom. The number of hydrogen-bond acceptors (Lipinski definition) is 7. The lowest BCUT2D eigenvalue weighted by atomic mass is 10.2. The number of aliphatic hydroxyl groups is 1. The molecule has 1 aliphatic heterocycles. The van der Waals surface area contributed by atoms with Crippen LogP contribution in [0, 0.1) is 0 Å². The van der Waals surface area contributed by atoms with Gasteiger partial charge in [0.25, 0.3) is 5.91 Å². The SMILES string of the molecule is O=C(c1cccs1)N(CCCN1CCC[C@H]1CO)c1nc(-c2cc3ccccc3o2)cs1. The second kappa shape index (κ2) is 9.54. The molecule has 1 aliphatic rings. The van der Waals surface area contributed by atoms with Crippen molar-refractivity contribution in [3.63, 3.8) is 0 Å². The lowest BCUT2D eigenvalue weighted by Gasteiger charge is -2.25. The number of fused-ring (bicyclic) bond motifs is 1. The van der Waals surface area contributed by atoms with E-state index >= 15 is 0 Å². The number of benzene rings is 1. The molecule has 1 N–H and O–H groups in total. The van der Waals surface area contributed by atoms with Crippen molar-refractivity contribution < 1.29 is 14.3 Å². The monoisotopic (exact) mass is 467 g/mol. The molecule has 0 bridgehead atoms. The minimum atomic E-state index is -0.0226. The lowest BCUT2D eigenvalue weighted by molar-refractivity contribution is 0.0988. The van der Waals surface area contributed by atoms with Gasteiger partial charge in [0.2, 0.25) is 0 Å². The topological polar surface area (TPSA) is 69.8 Å². The summed E-state index contributed by atoms with van der Waals surface area (Å²) in [7, 11) is 0. The van der Waals surface area contributed by atoms with Crippen LogP contribution in [0.15, 0.2) is 57.6 Å². The Balaban J connectivity index is 1.36. The number of carbonyl (C=O) groups excluding carboxylic acids is 1. The van der Waals surface area contributed by atoms with E-state index in [0.29, 0.717) is 22.3 Å². The molecule has 1 saturated heterocycles. The second-order valence-electron chi connectivity index (χ2n) is 7.97. The summed E-state index contributed by atoms with van der Waals surface area (Å²) >= 11 is 2.91. The quantitative estimate of drug-likeness (QED) is 0.390. The van der Waals surface area contributed by atoms with E-state index in [0.717, 1.165) is 49.0 Å². The number of amides is 1. The number of carbonyl (C=O) groups is 1. The molecular formula is C24H25N3O3S2. The van der Waals surface area contributed by atoms with Gasteiger partial charge >= 0.3 is 0 Å². The summed E-state index contributed by atoms with van der Waals surface area (Å²) in [6.07, 6.45) is 2.99. The van der Waals surface area contributed by atoms with Crippen LogP contribution in [0.4, 0.5) is 5.13 Å². The zero-order chi connectivity index (χ0) is 21.9. The normalized spacial score (nSPS) is 16.7. The first-order valence-electron chi connectivity index (χ1n) is 10.9. The summed E-state index contributed by atoms with van der Waals surface area (Å²) in [5, 5.41) is 15.2. The molecule has 1 aromatic carbocycles. The summed E-state index contributed by atoms with van der Waals surface area (Å²) in [6.45, 7) is 2.66. The molecule has 3 aromatic heterocycles. The number of thiophene rings is 1. The van der Waals surface area contributed by atoms with Gasteiger partial charge in [-0.1, -0.05) is 24.3 Å². The van der Waals surface area contributed by atoms with Crippen LogP contribution in [-0.2, 0) is 0 Å². The fraction of sp³-hybridized carbons (Fsp3) is 0.333. The maximum absolute atomic E-state index is 13.3. The molecule has 0 spiro atoms. The van der Waals surface area contributed by atoms with E-state index in [-0.39, 0.29) is 18.6 Å². The van der Waals surface area contributed by atoms with Gasteiger partial charge in [-0.15, -0.1) is 22.7 Å². The maximum atomic E-state index is 13.3. The van der Waals surface area contributed by atoms with Crippen molar-refractivity contribution in [3.8, 4) is 11.5 Å². The standard InChI is InChI=1S/C24H25N3O3S2/c28-15-18-7-3-10-26(18)11-5-12-27(23(29)22-9-4-13-31-22)24-25-19(16-32-24)21-14-17-6-1-2-8-20(17)30-21/h1-2,4,6,8-9,13-14,16,18,28H,3,5,7,10-12,15H2/t18-/m0/s1. The van der Waals surface area contributed by atoms with Crippen molar-refractivity contribution in [1.82, 2.24) is 9.88 Å². The van der Waals surface area contributed by atoms with Crippen molar-refractivity contribution in [2.45, 2.75) is 25.3 Å². The number of likely N-dealkylation sites (tertiary alicyclic amines) is 1. The predicted molar refractivity (Wildman–Crippen MR) is 130 cm³/mol. The molecule has 8 heteroatoms. The van der Waals surface area contributed by atoms with Crippen molar-refractivity contribution in [1.29, 1.82) is 0 Å². The Morgan fingerprint density at radius 1 is 1.25 bits per heavy atom. The third-order valence-corrected chi connectivity index (χ3v) is 7.64. The smallest absolute Gasteiger partial charge is 0.270 e. The lowest BCUT2D eigenvalue weighted by Crippen LogP contribution is -2.37. The van der Waals surface area contributed by atoms with Crippen LogP contribution >= 0.6 is 22.7 Å². The number of aliphatic hydroxyl groups excluding tert-OH is 1. The van der Waals surface area contributed by atoms with E-state index in [2.05, 4.69) is 4.90 Å². The molecule has 6 nitrogen and oxygen atoms in total. The Hall–Kier alpha value is -2.52. The number of rotatable bonds is 8. The van der Waals surface area contributed by atoms with Crippen LogP contribution in [-0.4, -0.2) is 53.2 Å². The zero-order valence-corrected chi connectivity index (χ0v) is 19.3. The van der Waals surface area contributed by atoms with Gasteiger partial charge in [0, 0.05) is 29.9 Å². The molecule has 32 heavy (non-hydrogen) atoms.